The highest BCUT2D eigenvalue weighted by Crippen LogP contribution is 2.15. The largest absolute Gasteiger partial charge is 0.378 e. The van der Waals surface area contributed by atoms with Crippen LogP contribution in [-0.2, 0) is 4.74 Å². The van der Waals surface area contributed by atoms with Crippen LogP contribution in [0.2, 0.25) is 0 Å². The number of nitrogens with zero attached hydrogens (tertiary/aromatic N) is 1. The van der Waals surface area contributed by atoms with Crippen molar-refractivity contribution in [1.29, 1.82) is 0 Å². The maximum absolute atomic E-state index is 12.0. The number of carbonyl (C=O) groups excluding carboxylic acids is 1. The zero-order valence-corrected chi connectivity index (χ0v) is 12.8. The average molecular weight is 295 g/mol. The molecule has 1 aromatic rings. The molecule has 0 aromatic carbocycles. The standard InChI is InChI=1S/C14H21N3O2S/c1-17(2)8-10-19-9-7-16-14(18)13-12(4-3-6-15)5-11-20-13/h5,11H,6-10,15H2,1-2H3,(H,16,18). The summed E-state index contributed by atoms with van der Waals surface area (Å²) in [5.41, 5.74) is 6.06. The number of nitrogens with one attached hydrogen (secondary N) is 1. The van der Waals surface area contributed by atoms with E-state index in [-0.39, 0.29) is 12.5 Å². The molecule has 0 bridgehead atoms. The molecule has 0 aliphatic rings. The first kappa shape index (κ1) is 16.7. The van der Waals surface area contributed by atoms with Crippen LogP contribution in [0.5, 0.6) is 0 Å². The summed E-state index contributed by atoms with van der Waals surface area (Å²) in [6.07, 6.45) is 0. The molecule has 0 spiro atoms. The second kappa shape index (κ2) is 9.50. The van der Waals surface area contributed by atoms with Gasteiger partial charge in [-0.25, -0.2) is 0 Å². The fourth-order valence-corrected chi connectivity index (χ4v) is 2.16. The topological polar surface area (TPSA) is 67.6 Å². The van der Waals surface area contributed by atoms with Gasteiger partial charge in [0.25, 0.3) is 5.91 Å². The van der Waals surface area contributed by atoms with Gasteiger partial charge in [-0.05, 0) is 25.5 Å². The van der Waals surface area contributed by atoms with E-state index in [0.717, 1.165) is 12.1 Å². The molecule has 0 atom stereocenters. The first-order chi connectivity index (χ1) is 9.65. The number of nitrogens with two attached hydrogens (primary N) is 1. The van der Waals surface area contributed by atoms with Crippen molar-refractivity contribution in [2.75, 3.05) is 46.9 Å². The minimum atomic E-state index is -0.113. The highest BCUT2D eigenvalue weighted by atomic mass is 32.1. The summed E-state index contributed by atoms with van der Waals surface area (Å²) < 4.78 is 5.41. The van der Waals surface area contributed by atoms with E-state index in [9.17, 15) is 4.79 Å². The maximum atomic E-state index is 12.0. The Labute approximate surface area is 124 Å². The van der Waals surface area contributed by atoms with Crippen LogP contribution in [0.25, 0.3) is 0 Å². The maximum Gasteiger partial charge on any atom is 0.262 e. The lowest BCUT2D eigenvalue weighted by Gasteiger charge is -2.10. The van der Waals surface area contributed by atoms with Gasteiger partial charge in [0.2, 0.25) is 0 Å². The lowest BCUT2D eigenvalue weighted by molar-refractivity contribution is 0.0903. The van der Waals surface area contributed by atoms with Gasteiger partial charge < -0.3 is 20.7 Å². The van der Waals surface area contributed by atoms with Gasteiger partial charge in [0.05, 0.1) is 19.8 Å². The monoisotopic (exact) mass is 295 g/mol. The molecule has 1 aromatic heterocycles. The molecule has 0 radical (unpaired) electrons. The Morgan fingerprint density at radius 3 is 3.00 bits per heavy atom. The smallest absolute Gasteiger partial charge is 0.262 e. The van der Waals surface area contributed by atoms with Crippen LogP contribution in [0, 0.1) is 11.8 Å². The molecule has 110 valence electrons. The third-order valence-corrected chi connectivity index (χ3v) is 3.32. The van der Waals surface area contributed by atoms with Gasteiger partial charge in [-0.3, -0.25) is 4.79 Å². The first-order valence-electron chi connectivity index (χ1n) is 6.42. The van der Waals surface area contributed by atoms with Crippen molar-refractivity contribution in [2.24, 2.45) is 5.73 Å². The number of thiophene rings is 1. The normalized spacial score (nSPS) is 10.2. The van der Waals surface area contributed by atoms with Crippen molar-refractivity contribution >= 4 is 17.2 Å². The van der Waals surface area contributed by atoms with E-state index < -0.39 is 0 Å². The Bertz CT molecular complexity index is 474. The summed E-state index contributed by atoms with van der Waals surface area (Å²) in [5, 5.41) is 4.67. The summed E-state index contributed by atoms with van der Waals surface area (Å²) in [4.78, 5) is 14.6. The van der Waals surface area contributed by atoms with Crippen LogP contribution in [0.3, 0.4) is 0 Å². The lowest BCUT2D eigenvalue weighted by atomic mass is 10.2. The predicted molar refractivity (Wildman–Crippen MR) is 82.0 cm³/mol. The van der Waals surface area contributed by atoms with Gasteiger partial charge in [0, 0.05) is 18.7 Å². The van der Waals surface area contributed by atoms with Crippen LogP contribution in [-0.4, -0.2) is 57.8 Å². The highest BCUT2D eigenvalue weighted by molar-refractivity contribution is 7.12. The summed E-state index contributed by atoms with van der Waals surface area (Å²) in [6.45, 7) is 2.83. The van der Waals surface area contributed by atoms with Crippen LogP contribution >= 0.6 is 11.3 Å². The van der Waals surface area contributed by atoms with Crippen LogP contribution in [0.15, 0.2) is 11.4 Å². The molecule has 0 aliphatic heterocycles. The van der Waals surface area contributed by atoms with E-state index in [1.54, 1.807) is 0 Å². The van der Waals surface area contributed by atoms with E-state index in [1.165, 1.54) is 11.3 Å². The number of carbonyl (C=O) groups is 1. The van der Waals surface area contributed by atoms with E-state index in [4.69, 9.17) is 10.5 Å². The lowest BCUT2D eigenvalue weighted by Crippen LogP contribution is -2.28. The fourth-order valence-electron chi connectivity index (χ4n) is 1.40. The number of hydrogen-bond acceptors (Lipinski definition) is 5. The Hall–Kier alpha value is -1.39. The van der Waals surface area contributed by atoms with Gasteiger partial charge >= 0.3 is 0 Å². The molecule has 3 N–H and O–H groups in total. The second-order valence-corrected chi connectivity index (χ2v) is 5.26. The van der Waals surface area contributed by atoms with Crippen molar-refractivity contribution in [3.63, 3.8) is 0 Å². The molecule has 1 amide bonds. The molecule has 0 unspecified atom stereocenters. The van der Waals surface area contributed by atoms with Crippen LogP contribution in [0.4, 0.5) is 0 Å². The van der Waals surface area contributed by atoms with E-state index in [1.807, 2.05) is 30.4 Å². The highest BCUT2D eigenvalue weighted by Gasteiger charge is 2.10. The van der Waals surface area contributed by atoms with Crippen molar-refractivity contribution < 1.29 is 9.53 Å². The molecule has 5 nitrogen and oxygen atoms in total. The number of likely N-dealkylation sites (N-methyl/N-ethyl adjacent to an activating group) is 1. The summed E-state index contributed by atoms with van der Waals surface area (Å²) in [6, 6.07) is 1.83. The van der Waals surface area contributed by atoms with Gasteiger partial charge in [-0.15, -0.1) is 11.3 Å². The van der Waals surface area contributed by atoms with Crippen molar-refractivity contribution in [3.05, 3.63) is 21.9 Å². The molecule has 1 rings (SSSR count). The number of amides is 1. The fraction of sp³-hybridized carbons (Fsp3) is 0.500. The Morgan fingerprint density at radius 2 is 2.30 bits per heavy atom. The molecule has 6 heteroatoms. The molecule has 0 saturated heterocycles. The predicted octanol–water partition coefficient (Wildman–Crippen LogP) is 0.366. The zero-order chi connectivity index (χ0) is 14.8. The quantitative estimate of drug-likeness (QED) is 0.563. The van der Waals surface area contributed by atoms with Crippen molar-refractivity contribution in [2.45, 2.75) is 0 Å². The molecule has 20 heavy (non-hydrogen) atoms. The van der Waals surface area contributed by atoms with E-state index in [0.29, 0.717) is 24.6 Å². The first-order valence-corrected chi connectivity index (χ1v) is 7.30. The average Bonchev–Trinajstić information content (AvgIpc) is 2.88. The second-order valence-electron chi connectivity index (χ2n) is 4.34. The SMILES string of the molecule is CN(C)CCOCCNC(=O)c1sccc1C#CCN. The zero-order valence-electron chi connectivity index (χ0n) is 11.9. The third kappa shape index (κ3) is 6.17. The van der Waals surface area contributed by atoms with Crippen molar-refractivity contribution in [1.82, 2.24) is 10.2 Å². The number of rotatable bonds is 7. The Kier molecular flexibility index (Phi) is 7.92. The van der Waals surface area contributed by atoms with Crippen molar-refractivity contribution in [3.8, 4) is 11.8 Å². The summed E-state index contributed by atoms with van der Waals surface area (Å²) in [5.74, 6) is 5.54. The van der Waals surface area contributed by atoms with E-state index >= 15 is 0 Å². The minimum absolute atomic E-state index is 0.113. The molecular weight excluding hydrogens is 274 g/mol. The molecule has 0 saturated carbocycles. The van der Waals surface area contributed by atoms with Crippen LogP contribution < -0.4 is 11.1 Å². The number of hydrogen-bond donors (Lipinski definition) is 2. The summed E-state index contributed by atoms with van der Waals surface area (Å²) >= 11 is 1.38. The molecule has 0 aliphatic carbocycles. The molecular formula is C14H21N3O2S. The Balaban J connectivity index is 2.31. The number of ether oxygens (including phenoxy) is 1. The van der Waals surface area contributed by atoms with Gasteiger partial charge in [-0.1, -0.05) is 11.8 Å². The third-order valence-electron chi connectivity index (χ3n) is 2.41. The van der Waals surface area contributed by atoms with Crippen LogP contribution in [0.1, 0.15) is 15.2 Å². The molecule has 1 heterocycles. The van der Waals surface area contributed by atoms with E-state index in [2.05, 4.69) is 17.2 Å². The van der Waals surface area contributed by atoms with Gasteiger partial charge in [0.1, 0.15) is 4.88 Å². The van der Waals surface area contributed by atoms with Gasteiger partial charge in [0.15, 0.2) is 0 Å². The Morgan fingerprint density at radius 1 is 1.50 bits per heavy atom. The summed E-state index contributed by atoms with van der Waals surface area (Å²) in [7, 11) is 3.98. The molecule has 0 fully saturated rings. The minimum Gasteiger partial charge on any atom is -0.378 e. The van der Waals surface area contributed by atoms with Gasteiger partial charge in [-0.2, -0.15) is 0 Å².